The lowest BCUT2D eigenvalue weighted by atomic mass is 10.3. The van der Waals surface area contributed by atoms with Gasteiger partial charge in [-0.1, -0.05) is 5.16 Å². The second-order valence-electron chi connectivity index (χ2n) is 3.23. The molecule has 0 aromatic carbocycles. The van der Waals surface area contributed by atoms with Gasteiger partial charge >= 0.3 is 0 Å². The SMILES string of the molecule is Cc1nccc(-c2noc([C@@H](N)CO)n2)n1. The van der Waals surface area contributed by atoms with Crippen LogP contribution in [0.1, 0.15) is 17.8 Å². The van der Waals surface area contributed by atoms with E-state index in [0.29, 0.717) is 17.3 Å². The maximum absolute atomic E-state index is 8.83. The Morgan fingerprint density at radius 3 is 3.00 bits per heavy atom. The lowest BCUT2D eigenvalue weighted by molar-refractivity contribution is 0.237. The summed E-state index contributed by atoms with van der Waals surface area (Å²) in [5, 5.41) is 12.6. The number of aryl methyl sites for hydroxylation is 1. The van der Waals surface area contributed by atoms with Crippen LogP contribution in [-0.4, -0.2) is 31.8 Å². The lowest BCUT2D eigenvalue weighted by Crippen LogP contribution is -2.14. The van der Waals surface area contributed by atoms with Crippen LogP contribution in [0.5, 0.6) is 0 Å². The van der Waals surface area contributed by atoms with Crippen molar-refractivity contribution in [3.63, 3.8) is 0 Å². The van der Waals surface area contributed by atoms with Gasteiger partial charge in [-0.2, -0.15) is 4.98 Å². The third-order valence-electron chi connectivity index (χ3n) is 1.96. The average Bonchev–Trinajstić information content (AvgIpc) is 2.77. The van der Waals surface area contributed by atoms with Crippen molar-refractivity contribution in [3.05, 3.63) is 24.0 Å². The molecule has 0 saturated heterocycles. The summed E-state index contributed by atoms with van der Waals surface area (Å²) in [5.74, 6) is 1.15. The monoisotopic (exact) mass is 221 g/mol. The van der Waals surface area contributed by atoms with Crippen LogP contribution in [0.4, 0.5) is 0 Å². The minimum atomic E-state index is -0.663. The van der Waals surface area contributed by atoms with Crippen molar-refractivity contribution in [1.82, 2.24) is 20.1 Å². The largest absolute Gasteiger partial charge is 0.394 e. The van der Waals surface area contributed by atoms with Gasteiger partial charge in [-0.3, -0.25) is 0 Å². The van der Waals surface area contributed by atoms with Crippen molar-refractivity contribution in [1.29, 1.82) is 0 Å². The number of nitrogens with two attached hydrogens (primary N) is 1. The Hall–Kier alpha value is -1.86. The molecule has 0 saturated carbocycles. The van der Waals surface area contributed by atoms with Gasteiger partial charge in [-0.25, -0.2) is 9.97 Å². The summed E-state index contributed by atoms with van der Waals surface area (Å²) in [6.45, 7) is 1.52. The van der Waals surface area contributed by atoms with Crippen LogP contribution in [0.3, 0.4) is 0 Å². The molecule has 84 valence electrons. The molecule has 0 aliphatic heterocycles. The van der Waals surface area contributed by atoms with Crippen LogP contribution in [-0.2, 0) is 0 Å². The van der Waals surface area contributed by atoms with Gasteiger partial charge in [0, 0.05) is 6.20 Å². The van der Waals surface area contributed by atoms with Crippen molar-refractivity contribution < 1.29 is 9.63 Å². The standard InChI is InChI=1S/C9H11N5O2/c1-5-11-3-2-7(12-5)8-13-9(16-14-8)6(10)4-15/h2-3,6,15H,4,10H2,1H3/t6-/m0/s1. The van der Waals surface area contributed by atoms with E-state index >= 15 is 0 Å². The molecule has 7 heteroatoms. The minimum absolute atomic E-state index is 0.189. The van der Waals surface area contributed by atoms with Crippen molar-refractivity contribution >= 4 is 0 Å². The molecule has 16 heavy (non-hydrogen) atoms. The van der Waals surface area contributed by atoms with Crippen LogP contribution in [0, 0.1) is 6.92 Å². The fourth-order valence-corrected chi connectivity index (χ4v) is 1.15. The summed E-state index contributed by atoms with van der Waals surface area (Å²) >= 11 is 0. The first kappa shape index (κ1) is 10.7. The molecule has 1 atom stereocenters. The van der Waals surface area contributed by atoms with E-state index in [9.17, 15) is 0 Å². The molecule has 0 bridgehead atoms. The molecule has 0 fully saturated rings. The molecule has 0 aliphatic carbocycles. The van der Waals surface area contributed by atoms with Gasteiger partial charge < -0.3 is 15.4 Å². The number of aliphatic hydroxyl groups is 1. The normalized spacial score (nSPS) is 12.7. The highest BCUT2D eigenvalue weighted by Crippen LogP contribution is 2.15. The molecule has 2 aromatic rings. The number of hydrogen-bond donors (Lipinski definition) is 2. The summed E-state index contributed by atoms with van der Waals surface area (Å²) in [7, 11) is 0. The number of nitrogens with zero attached hydrogens (tertiary/aromatic N) is 4. The van der Waals surface area contributed by atoms with Gasteiger partial charge in [0.15, 0.2) is 0 Å². The zero-order chi connectivity index (χ0) is 11.5. The summed E-state index contributed by atoms with van der Waals surface area (Å²) in [5.41, 5.74) is 6.10. The summed E-state index contributed by atoms with van der Waals surface area (Å²) in [6.07, 6.45) is 1.61. The van der Waals surface area contributed by atoms with Gasteiger partial charge in [0.05, 0.1) is 6.61 Å². The minimum Gasteiger partial charge on any atom is -0.394 e. The molecule has 2 heterocycles. The van der Waals surface area contributed by atoms with Crippen LogP contribution in [0.15, 0.2) is 16.8 Å². The molecule has 0 unspecified atom stereocenters. The summed E-state index contributed by atoms with van der Waals surface area (Å²) in [4.78, 5) is 12.1. The van der Waals surface area contributed by atoms with Crippen molar-refractivity contribution in [2.24, 2.45) is 5.73 Å². The maximum Gasteiger partial charge on any atom is 0.246 e. The Kier molecular flexibility index (Phi) is 2.88. The van der Waals surface area contributed by atoms with Crippen LogP contribution < -0.4 is 5.73 Å². The van der Waals surface area contributed by atoms with E-state index in [1.165, 1.54) is 0 Å². The Balaban J connectivity index is 2.31. The van der Waals surface area contributed by atoms with Gasteiger partial charge in [0.2, 0.25) is 11.7 Å². The number of aromatic nitrogens is 4. The van der Waals surface area contributed by atoms with E-state index in [4.69, 9.17) is 15.4 Å². The molecule has 0 aliphatic rings. The highest BCUT2D eigenvalue weighted by Gasteiger charge is 2.15. The van der Waals surface area contributed by atoms with Crippen LogP contribution >= 0.6 is 0 Å². The van der Waals surface area contributed by atoms with Crippen molar-refractivity contribution in [2.75, 3.05) is 6.61 Å². The number of rotatable bonds is 3. The van der Waals surface area contributed by atoms with E-state index < -0.39 is 6.04 Å². The molecule has 2 aromatic heterocycles. The fraction of sp³-hybridized carbons (Fsp3) is 0.333. The number of hydrogen-bond acceptors (Lipinski definition) is 7. The predicted octanol–water partition coefficient (Wildman–Crippen LogP) is -0.173. The topological polar surface area (TPSA) is 111 Å². The molecule has 0 spiro atoms. The van der Waals surface area contributed by atoms with Crippen LogP contribution in [0.2, 0.25) is 0 Å². The molecule has 7 nitrogen and oxygen atoms in total. The van der Waals surface area contributed by atoms with E-state index in [1.54, 1.807) is 19.2 Å². The predicted molar refractivity (Wildman–Crippen MR) is 54.1 cm³/mol. The Morgan fingerprint density at radius 1 is 1.50 bits per heavy atom. The zero-order valence-corrected chi connectivity index (χ0v) is 8.66. The quantitative estimate of drug-likeness (QED) is 0.739. The molecule has 0 amide bonds. The zero-order valence-electron chi connectivity index (χ0n) is 8.66. The van der Waals surface area contributed by atoms with E-state index in [1.807, 2.05) is 0 Å². The summed E-state index contributed by atoms with van der Waals surface area (Å²) < 4.78 is 4.91. The molecular weight excluding hydrogens is 210 g/mol. The maximum atomic E-state index is 8.83. The smallest absolute Gasteiger partial charge is 0.246 e. The Bertz CT molecular complexity index is 484. The third-order valence-corrected chi connectivity index (χ3v) is 1.96. The molecule has 2 rings (SSSR count). The number of aliphatic hydroxyl groups excluding tert-OH is 1. The van der Waals surface area contributed by atoms with Gasteiger partial charge in [0.1, 0.15) is 17.6 Å². The highest BCUT2D eigenvalue weighted by atomic mass is 16.5. The van der Waals surface area contributed by atoms with E-state index in [2.05, 4.69) is 20.1 Å². The van der Waals surface area contributed by atoms with E-state index in [0.717, 1.165) is 0 Å². The van der Waals surface area contributed by atoms with Gasteiger partial charge in [-0.15, -0.1) is 0 Å². The van der Waals surface area contributed by atoms with Crippen molar-refractivity contribution in [2.45, 2.75) is 13.0 Å². The Labute approximate surface area is 91.3 Å². The van der Waals surface area contributed by atoms with Gasteiger partial charge in [0.25, 0.3) is 0 Å². The first-order valence-electron chi connectivity index (χ1n) is 4.71. The highest BCUT2D eigenvalue weighted by molar-refractivity contribution is 5.46. The first-order valence-corrected chi connectivity index (χ1v) is 4.71. The first-order chi connectivity index (χ1) is 7.70. The third kappa shape index (κ3) is 2.05. The van der Waals surface area contributed by atoms with Crippen LogP contribution in [0.25, 0.3) is 11.5 Å². The average molecular weight is 221 g/mol. The van der Waals surface area contributed by atoms with E-state index in [-0.39, 0.29) is 12.5 Å². The molecular formula is C9H11N5O2. The second-order valence-corrected chi connectivity index (χ2v) is 3.23. The van der Waals surface area contributed by atoms with Crippen molar-refractivity contribution in [3.8, 4) is 11.5 Å². The Morgan fingerprint density at radius 2 is 2.31 bits per heavy atom. The van der Waals surface area contributed by atoms with Gasteiger partial charge in [-0.05, 0) is 13.0 Å². The summed E-state index contributed by atoms with van der Waals surface area (Å²) in [6, 6.07) is 1.01. The molecule has 3 N–H and O–H groups in total. The lowest BCUT2D eigenvalue weighted by Gasteiger charge is -1.98. The fourth-order valence-electron chi connectivity index (χ4n) is 1.15. The molecule has 0 radical (unpaired) electrons. The second kappa shape index (κ2) is 4.33.